The third-order valence-electron chi connectivity index (χ3n) is 4.16. The Balaban J connectivity index is 1.57. The van der Waals surface area contributed by atoms with Gasteiger partial charge in [0.2, 0.25) is 0 Å². The van der Waals surface area contributed by atoms with Gasteiger partial charge in [-0.3, -0.25) is 4.79 Å². The van der Waals surface area contributed by atoms with E-state index in [2.05, 4.69) is 10.1 Å². The molecule has 0 spiro atoms. The number of nitrogens with one attached hydrogen (secondary N) is 1. The van der Waals surface area contributed by atoms with Crippen molar-refractivity contribution in [2.75, 3.05) is 12.4 Å². The number of hydrogen-bond acceptors (Lipinski definition) is 5. The van der Waals surface area contributed by atoms with Crippen molar-refractivity contribution in [3.8, 4) is 0 Å². The molecule has 29 heavy (non-hydrogen) atoms. The molecule has 1 amide bonds. The summed E-state index contributed by atoms with van der Waals surface area (Å²) in [5.41, 5.74) is 2.59. The van der Waals surface area contributed by atoms with Crippen LogP contribution in [0.5, 0.6) is 0 Å². The summed E-state index contributed by atoms with van der Waals surface area (Å²) in [6.07, 6.45) is 0. The molecule has 0 unspecified atom stereocenters. The Labute approximate surface area is 168 Å². The zero-order valence-electron chi connectivity index (χ0n) is 15.8. The number of carbonyl (C=O) groups is 3. The van der Waals surface area contributed by atoms with Crippen molar-refractivity contribution in [1.82, 2.24) is 0 Å². The van der Waals surface area contributed by atoms with Crippen LogP contribution in [0.1, 0.15) is 36.6 Å². The summed E-state index contributed by atoms with van der Waals surface area (Å²) in [7, 11) is 1.30. The van der Waals surface area contributed by atoms with E-state index in [1.54, 1.807) is 24.3 Å². The van der Waals surface area contributed by atoms with Crippen molar-refractivity contribution in [2.24, 2.45) is 0 Å². The molecule has 0 aliphatic heterocycles. The second-order valence-electron chi connectivity index (χ2n) is 6.16. The second-order valence-corrected chi connectivity index (χ2v) is 6.16. The number of hydrogen-bond donors (Lipinski definition) is 1. The van der Waals surface area contributed by atoms with Gasteiger partial charge < -0.3 is 14.8 Å². The van der Waals surface area contributed by atoms with Crippen LogP contribution in [0.25, 0.3) is 0 Å². The van der Waals surface area contributed by atoms with Gasteiger partial charge in [-0.05, 0) is 54.1 Å². The summed E-state index contributed by atoms with van der Waals surface area (Å²) in [5, 5.41) is 2.74. The molecule has 146 valence electrons. The minimum atomic E-state index is -0.466. The number of methoxy groups -OCH3 is 1. The molecule has 3 rings (SSSR count). The molecule has 3 aromatic carbocycles. The van der Waals surface area contributed by atoms with E-state index in [0.29, 0.717) is 22.4 Å². The Morgan fingerprint density at radius 1 is 0.724 bits per heavy atom. The van der Waals surface area contributed by atoms with Gasteiger partial charge in [-0.15, -0.1) is 0 Å². The van der Waals surface area contributed by atoms with E-state index in [-0.39, 0.29) is 12.5 Å². The highest BCUT2D eigenvalue weighted by molar-refractivity contribution is 6.05. The fourth-order valence-corrected chi connectivity index (χ4v) is 2.57. The predicted octanol–water partition coefficient (Wildman–Crippen LogP) is 4.08. The Bertz CT molecular complexity index is 996. The van der Waals surface area contributed by atoms with Gasteiger partial charge >= 0.3 is 11.9 Å². The van der Waals surface area contributed by atoms with Crippen LogP contribution in [-0.2, 0) is 16.1 Å². The lowest BCUT2D eigenvalue weighted by atomic mass is 10.1. The molecule has 0 radical (unpaired) electrons. The zero-order chi connectivity index (χ0) is 20.6. The number of esters is 2. The topological polar surface area (TPSA) is 81.7 Å². The molecule has 0 aromatic heterocycles. The third kappa shape index (κ3) is 5.29. The maximum atomic E-state index is 12.3. The van der Waals surface area contributed by atoms with Crippen LogP contribution < -0.4 is 5.32 Å². The van der Waals surface area contributed by atoms with E-state index in [4.69, 9.17) is 4.74 Å². The molecule has 0 saturated heterocycles. The van der Waals surface area contributed by atoms with Crippen molar-refractivity contribution in [1.29, 1.82) is 0 Å². The molecule has 0 aliphatic carbocycles. The van der Waals surface area contributed by atoms with Crippen molar-refractivity contribution < 1.29 is 23.9 Å². The van der Waals surface area contributed by atoms with E-state index in [1.807, 2.05) is 30.3 Å². The maximum absolute atomic E-state index is 12.3. The molecule has 6 heteroatoms. The van der Waals surface area contributed by atoms with Gasteiger partial charge in [0.15, 0.2) is 0 Å². The fraction of sp³-hybridized carbons (Fsp3) is 0.0870. The second kappa shape index (κ2) is 9.32. The van der Waals surface area contributed by atoms with Crippen molar-refractivity contribution in [2.45, 2.75) is 6.61 Å². The summed E-state index contributed by atoms with van der Waals surface area (Å²) in [5.74, 6) is -1.24. The Hall–Kier alpha value is -3.93. The van der Waals surface area contributed by atoms with E-state index < -0.39 is 11.9 Å². The van der Waals surface area contributed by atoms with Crippen molar-refractivity contribution >= 4 is 23.5 Å². The molecular weight excluding hydrogens is 370 g/mol. The molecule has 1 N–H and O–H groups in total. The van der Waals surface area contributed by atoms with Crippen LogP contribution in [0.15, 0.2) is 78.9 Å². The summed E-state index contributed by atoms with van der Waals surface area (Å²) in [6, 6.07) is 21.9. The Morgan fingerprint density at radius 2 is 1.28 bits per heavy atom. The quantitative estimate of drug-likeness (QED) is 0.643. The molecule has 3 aromatic rings. The fourth-order valence-electron chi connectivity index (χ4n) is 2.57. The minimum Gasteiger partial charge on any atom is -0.465 e. The highest BCUT2D eigenvalue weighted by Gasteiger charge is 2.11. The highest BCUT2D eigenvalue weighted by Crippen LogP contribution is 2.14. The van der Waals surface area contributed by atoms with Crippen LogP contribution >= 0.6 is 0 Å². The van der Waals surface area contributed by atoms with Crippen molar-refractivity contribution in [3.05, 3.63) is 101 Å². The first kappa shape index (κ1) is 19.8. The van der Waals surface area contributed by atoms with Gasteiger partial charge in [-0.25, -0.2) is 9.59 Å². The van der Waals surface area contributed by atoms with Gasteiger partial charge in [-0.2, -0.15) is 0 Å². The molecule has 0 fully saturated rings. The molecule has 0 aliphatic rings. The van der Waals surface area contributed by atoms with Gasteiger partial charge in [0.1, 0.15) is 6.61 Å². The van der Waals surface area contributed by atoms with Gasteiger partial charge in [0.05, 0.1) is 18.2 Å². The van der Waals surface area contributed by atoms with Crippen molar-refractivity contribution in [3.63, 3.8) is 0 Å². The first-order valence-electron chi connectivity index (χ1n) is 8.87. The average molecular weight is 389 g/mol. The number of ether oxygens (including phenoxy) is 2. The van der Waals surface area contributed by atoms with Crippen LogP contribution in [0.3, 0.4) is 0 Å². The zero-order valence-corrected chi connectivity index (χ0v) is 15.8. The molecular formula is C23H19NO5. The van der Waals surface area contributed by atoms with Crippen LogP contribution in [-0.4, -0.2) is 25.0 Å². The molecule has 0 heterocycles. The summed E-state index contributed by atoms with van der Waals surface area (Å²) < 4.78 is 9.91. The van der Waals surface area contributed by atoms with E-state index >= 15 is 0 Å². The third-order valence-corrected chi connectivity index (χ3v) is 4.16. The monoisotopic (exact) mass is 389 g/mol. The lowest BCUT2D eigenvalue weighted by Gasteiger charge is -2.08. The molecule has 6 nitrogen and oxygen atoms in total. The SMILES string of the molecule is COC(=O)c1ccc(C(=O)Nc2ccc(C(=O)OCc3ccccc3)cc2)cc1. The summed E-state index contributed by atoms with van der Waals surface area (Å²) in [4.78, 5) is 35.9. The molecule has 0 saturated carbocycles. The van der Waals surface area contributed by atoms with Crippen LogP contribution in [0.4, 0.5) is 5.69 Å². The van der Waals surface area contributed by atoms with Gasteiger partial charge in [-0.1, -0.05) is 30.3 Å². The molecule has 0 bridgehead atoms. The predicted molar refractivity (Wildman–Crippen MR) is 108 cm³/mol. The van der Waals surface area contributed by atoms with E-state index in [1.165, 1.54) is 31.4 Å². The van der Waals surface area contributed by atoms with Gasteiger partial charge in [0, 0.05) is 11.3 Å². The highest BCUT2D eigenvalue weighted by atomic mass is 16.5. The summed E-state index contributed by atoms with van der Waals surface area (Å²) >= 11 is 0. The number of benzene rings is 3. The standard InChI is InChI=1S/C23H19NO5/c1-28-22(26)18-9-7-17(8-10-18)21(25)24-20-13-11-19(12-14-20)23(27)29-15-16-5-3-2-4-6-16/h2-14H,15H2,1H3,(H,24,25). The first-order valence-corrected chi connectivity index (χ1v) is 8.87. The lowest BCUT2D eigenvalue weighted by molar-refractivity contribution is 0.0472. The average Bonchev–Trinajstić information content (AvgIpc) is 2.78. The maximum Gasteiger partial charge on any atom is 0.338 e. The van der Waals surface area contributed by atoms with E-state index in [9.17, 15) is 14.4 Å². The normalized spacial score (nSPS) is 10.1. The Morgan fingerprint density at radius 3 is 1.90 bits per heavy atom. The smallest absolute Gasteiger partial charge is 0.338 e. The number of amides is 1. The lowest BCUT2D eigenvalue weighted by Crippen LogP contribution is -2.12. The van der Waals surface area contributed by atoms with E-state index in [0.717, 1.165) is 5.56 Å². The minimum absolute atomic E-state index is 0.194. The summed E-state index contributed by atoms with van der Waals surface area (Å²) in [6.45, 7) is 0.194. The largest absolute Gasteiger partial charge is 0.465 e. The van der Waals surface area contributed by atoms with Crippen LogP contribution in [0.2, 0.25) is 0 Å². The Kier molecular flexibility index (Phi) is 6.37. The van der Waals surface area contributed by atoms with Gasteiger partial charge in [0.25, 0.3) is 5.91 Å². The number of rotatable bonds is 6. The first-order chi connectivity index (χ1) is 14.1. The van der Waals surface area contributed by atoms with Crippen LogP contribution in [0, 0.1) is 0 Å². The number of carbonyl (C=O) groups excluding carboxylic acids is 3. The molecule has 0 atom stereocenters. The number of anilines is 1.